The Hall–Kier alpha value is 0.410. The molecular weight excluding hydrogens is 323 g/mol. The van der Waals surface area contributed by atoms with E-state index in [0.717, 1.165) is 20.8 Å². The molecule has 0 aliphatic heterocycles. The van der Waals surface area contributed by atoms with Gasteiger partial charge in [-0.3, -0.25) is 18.6 Å². The monoisotopic (exact) mass is 341 g/mol. The van der Waals surface area contributed by atoms with Crippen LogP contribution in [0.25, 0.3) is 0 Å². The standard InChI is InChI=1S/C6H18NO9P3/c1-4(17(8,9)10)7(5(2)18(11,12)13)6(3)19(14,15)16/h4-6H,1-3H3,(H2,8,9,10)(H2,11,12,13)(H2,14,15,16). The molecule has 0 saturated heterocycles. The highest BCUT2D eigenvalue weighted by molar-refractivity contribution is 7.54. The average molecular weight is 341 g/mol. The van der Waals surface area contributed by atoms with Gasteiger partial charge in [0.25, 0.3) is 0 Å². The largest absolute Gasteiger partial charge is 0.342 e. The molecule has 0 amide bonds. The molecule has 0 aromatic rings. The van der Waals surface area contributed by atoms with Gasteiger partial charge >= 0.3 is 22.8 Å². The predicted octanol–water partition coefficient (Wildman–Crippen LogP) is -0.141. The quantitative estimate of drug-likeness (QED) is 0.356. The van der Waals surface area contributed by atoms with Gasteiger partial charge in [0.2, 0.25) is 0 Å². The minimum Gasteiger partial charge on any atom is -0.323 e. The molecule has 10 nitrogen and oxygen atoms in total. The van der Waals surface area contributed by atoms with Crippen LogP contribution in [0.5, 0.6) is 0 Å². The van der Waals surface area contributed by atoms with Crippen molar-refractivity contribution in [2.45, 2.75) is 38.1 Å². The van der Waals surface area contributed by atoms with Crippen LogP contribution < -0.4 is 0 Å². The first kappa shape index (κ1) is 19.4. The SMILES string of the molecule is CC(N(C(C)P(=O)(O)O)C(C)P(=O)(O)O)P(=O)(O)O. The van der Waals surface area contributed by atoms with Crippen LogP contribution in [-0.2, 0) is 13.7 Å². The first-order valence-corrected chi connectivity index (χ1v) is 10.1. The molecule has 0 bridgehead atoms. The van der Waals surface area contributed by atoms with Gasteiger partial charge in [0.15, 0.2) is 0 Å². The van der Waals surface area contributed by atoms with Crippen molar-refractivity contribution in [2.75, 3.05) is 0 Å². The Morgan fingerprint density at radius 2 is 0.789 bits per heavy atom. The van der Waals surface area contributed by atoms with Crippen LogP contribution >= 0.6 is 22.8 Å². The van der Waals surface area contributed by atoms with E-state index >= 15 is 0 Å². The molecule has 0 spiro atoms. The van der Waals surface area contributed by atoms with Gasteiger partial charge in [0, 0.05) is 0 Å². The lowest BCUT2D eigenvalue weighted by Crippen LogP contribution is -2.45. The molecule has 13 heteroatoms. The molecule has 6 N–H and O–H groups in total. The van der Waals surface area contributed by atoms with E-state index in [1.165, 1.54) is 0 Å². The van der Waals surface area contributed by atoms with Crippen molar-refractivity contribution in [3.8, 4) is 0 Å². The zero-order valence-electron chi connectivity index (χ0n) is 10.4. The van der Waals surface area contributed by atoms with Crippen LogP contribution in [0, 0.1) is 0 Å². The maximum absolute atomic E-state index is 11.2. The summed E-state index contributed by atoms with van der Waals surface area (Å²) in [5.74, 6) is -5.26. The molecule has 0 aromatic heterocycles. The van der Waals surface area contributed by atoms with Crippen molar-refractivity contribution in [3.05, 3.63) is 0 Å². The second-order valence-electron chi connectivity index (χ2n) is 4.11. The molecule has 0 aromatic carbocycles. The Balaban J connectivity index is 5.72. The Bertz CT molecular complexity index is 382. The summed E-state index contributed by atoms with van der Waals surface area (Å²) in [4.78, 5) is 54.8. The van der Waals surface area contributed by atoms with Gasteiger partial charge in [0.1, 0.15) is 17.3 Å². The van der Waals surface area contributed by atoms with E-state index in [1.807, 2.05) is 0 Å². The van der Waals surface area contributed by atoms with Crippen LogP contribution in [0.4, 0.5) is 0 Å². The molecule has 0 aliphatic rings. The van der Waals surface area contributed by atoms with Crippen molar-refractivity contribution in [1.82, 2.24) is 4.90 Å². The first-order valence-electron chi connectivity index (χ1n) is 5.03. The van der Waals surface area contributed by atoms with E-state index in [2.05, 4.69) is 0 Å². The lowest BCUT2D eigenvalue weighted by molar-refractivity contribution is 0.162. The highest BCUT2D eigenvalue weighted by Crippen LogP contribution is 2.55. The normalized spacial score (nSPS) is 19.3. The van der Waals surface area contributed by atoms with Crippen molar-refractivity contribution >= 4 is 22.8 Å². The molecular formula is C6H18NO9P3. The molecule has 0 fully saturated rings. The molecule has 0 heterocycles. The van der Waals surface area contributed by atoms with Crippen molar-refractivity contribution < 1.29 is 43.1 Å². The van der Waals surface area contributed by atoms with E-state index < -0.39 is 40.1 Å². The van der Waals surface area contributed by atoms with Gasteiger partial charge in [-0.1, -0.05) is 0 Å². The van der Waals surface area contributed by atoms with Gasteiger partial charge in [-0.05, 0) is 20.8 Å². The Morgan fingerprint density at radius 3 is 0.895 bits per heavy atom. The van der Waals surface area contributed by atoms with E-state index in [-0.39, 0.29) is 0 Å². The summed E-state index contributed by atoms with van der Waals surface area (Å²) in [5, 5.41) is 0. The minimum absolute atomic E-state index is 0.461. The fourth-order valence-electron chi connectivity index (χ4n) is 1.46. The average Bonchev–Trinajstić information content (AvgIpc) is 2.13. The Morgan fingerprint density at radius 1 is 0.632 bits per heavy atom. The third kappa shape index (κ3) is 5.36. The molecule has 0 radical (unpaired) electrons. The highest BCUT2D eigenvalue weighted by atomic mass is 31.2. The first-order chi connectivity index (χ1) is 8.10. The fourth-order valence-corrected chi connectivity index (χ4v) is 4.02. The molecule has 3 atom stereocenters. The van der Waals surface area contributed by atoms with Gasteiger partial charge in [-0.15, -0.1) is 0 Å². The zero-order valence-corrected chi connectivity index (χ0v) is 13.1. The Labute approximate surface area is 109 Å². The number of rotatable bonds is 6. The van der Waals surface area contributed by atoms with E-state index in [0.29, 0.717) is 4.90 Å². The van der Waals surface area contributed by atoms with Crippen LogP contribution in [0.15, 0.2) is 0 Å². The molecule has 0 rings (SSSR count). The smallest absolute Gasteiger partial charge is 0.323 e. The summed E-state index contributed by atoms with van der Waals surface area (Å²) in [6.07, 6.45) is 0. The third-order valence-corrected chi connectivity index (χ3v) is 6.48. The van der Waals surface area contributed by atoms with Crippen LogP contribution in [0.2, 0.25) is 0 Å². The maximum atomic E-state index is 11.2. The summed E-state index contributed by atoms with van der Waals surface area (Å²) >= 11 is 0. The van der Waals surface area contributed by atoms with Gasteiger partial charge in [0.05, 0.1) is 0 Å². The van der Waals surface area contributed by atoms with E-state index in [4.69, 9.17) is 29.4 Å². The maximum Gasteiger partial charge on any atom is 0.342 e. The molecule has 3 unspecified atom stereocenters. The highest BCUT2D eigenvalue weighted by Gasteiger charge is 2.46. The van der Waals surface area contributed by atoms with Crippen molar-refractivity contribution in [3.63, 3.8) is 0 Å². The molecule has 0 saturated carbocycles. The van der Waals surface area contributed by atoms with Crippen LogP contribution in [-0.4, -0.2) is 51.6 Å². The molecule has 116 valence electrons. The van der Waals surface area contributed by atoms with Crippen LogP contribution in [0.1, 0.15) is 20.8 Å². The summed E-state index contributed by atoms with van der Waals surface area (Å²) in [6, 6.07) is 0. The third-order valence-electron chi connectivity index (χ3n) is 2.75. The van der Waals surface area contributed by atoms with Gasteiger partial charge in [-0.2, -0.15) is 0 Å². The minimum atomic E-state index is -4.82. The second-order valence-corrected chi connectivity index (χ2v) is 9.89. The van der Waals surface area contributed by atoms with Crippen molar-refractivity contribution in [1.29, 1.82) is 0 Å². The summed E-state index contributed by atoms with van der Waals surface area (Å²) in [5.41, 5.74) is 0. The predicted molar refractivity (Wildman–Crippen MR) is 66.4 cm³/mol. The van der Waals surface area contributed by atoms with Gasteiger partial charge < -0.3 is 29.4 Å². The van der Waals surface area contributed by atoms with E-state index in [9.17, 15) is 13.7 Å². The summed E-state index contributed by atoms with van der Waals surface area (Å²) in [7, 11) is -14.5. The Kier molecular flexibility index (Phi) is 6.16. The topological polar surface area (TPSA) is 176 Å². The summed E-state index contributed by atoms with van der Waals surface area (Å²) in [6.45, 7) is 2.83. The number of nitrogens with zero attached hydrogens (tertiary/aromatic N) is 1. The lowest BCUT2D eigenvalue weighted by atomic mass is 10.5. The lowest BCUT2D eigenvalue weighted by Gasteiger charge is -2.38. The number of hydrogen-bond donors (Lipinski definition) is 6. The number of hydrogen-bond acceptors (Lipinski definition) is 4. The van der Waals surface area contributed by atoms with Gasteiger partial charge in [-0.25, -0.2) is 0 Å². The van der Waals surface area contributed by atoms with E-state index in [1.54, 1.807) is 0 Å². The zero-order chi connectivity index (χ0) is 15.8. The molecule has 19 heavy (non-hydrogen) atoms. The molecule has 0 aliphatic carbocycles. The fraction of sp³-hybridized carbons (Fsp3) is 1.00. The van der Waals surface area contributed by atoms with Crippen molar-refractivity contribution in [2.24, 2.45) is 0 Å². The summed E-state index contributed by atoms with van der Waals surface area (Å²) < 4.78 is 33.5. The second kappa shape index (κ2) is 6.03. The van der Waals surface area contributed by atoms with Crippen LogP contribution in [0.3, 0.4) is 0 Å².